The van der Waals surface area contributed by atoms with E-state index in [2.05, 4.69) is 47.3 Å². The van der Waals surface area contributed by atoms with Gasteiger partial charge in [-0.15, -0.1) is 0 Å². The predicted octanol–water partition coefficient (Wildman–Crippen LogP) is 4.27. The van der Waals surface area contributed by atoms with E-state index in [-0.39, 0.29) is 6.04 Å². The fourth-order valence-corrected chi connectivity index (χ4v) is 2.95. The van der Waals surface area contributed by atoms with Crippen LogP contribution in [0.3, 0.4) is 0 Å². The third kappa shape index (κ3) is 3.00. The van der Waals surface area contributed by atoms with Crippen molar-refractivity contribution >= 4 is 27.5 Å². The Bertz CT molecular complexity index is 599. The van der Waals surface area contributed by atoms with Crippen LogP contribution < -0.4 is 11.3 Å². The minimum absolute atomic E-state index is 0.111. The summed E-state index contributed by atoms with van der Waals surface area (Å²) in [5, 5.41) is 0.693. The van der Waals surface area contributed by atoms with Crippen LogP contribution in [0.5, 0.6) is 0 Å². The summed E-state index contributed by atoms with van der Waals surface area (Å²) in [7, 11) is 0. The lowest BCUT2D eigenvalue weighted by Crippen LogP contribution is -2.29. The van der Waals surface area contributed by atoms with Gasteiger partial charge in [-0.2, -0.15) is 0 Å². The Kier molecular flexibility index (Phi) is 4.63. The molecule has 19 heavy (non-hydrogen) atoms. The monoisotopic (exact) mass is 338 g/mol. The van der Waals surface area contributed by atoms with Crippen LogP contribution >= 0.6 is 27.5 Å². The number of halogens is 2. The summed E-state index contributed by atoms with van der Waals surface area (Å²) in [6, 6.07) is 11.9. The SMILES string of the molecule is Cc1cccc(C(NN)c2ccc(Br)cc2Cl)c1C. The summed E-state index contributed by atoms with van der Waals surface area (Å²) in [5.74, 6) is 5.74. The summed E-state index contributed by atoms with van der Waals surface area (Å²) in [4.78, 5) is 0. The largest absolute Gasteiger partial charge is 0.271 e. The van der Waals surface area contributed by atoms with Gasteiger partial charge in [0.05, 0.1) is 6.04 Å². The fourth-order valence-electron chi connectivity index (χ4n) is 2.17. The molecule has 0 fully saturated rings. The smallest absolute Gasteiger partial charge is 0.0727 e. The van der Waals surface area contributed by atoms with Gasteiger partial charge in [-0.05, 0) is 48.2 Å². The van der Waals surface area contributed by atoms with Crippen LogP contribution in [0.2, 0.25) is 5.02 Å². The highest BCUT2D eigenvalue weighted by atomic mass is 79.9. The fraction of sp³-hybridized carbons (Fsp3) is 0.200. The average Bonchev–Trinajstić information content (AvgIpc) is 2.37. The van der Waals surface area contributed by atoms with Crippen molar-refractivity contribution in [1.29, 1.82) is 0 Å². The van der Waals surface area contributed by atoms with Crippen LogP contribution in [0.15, 0.2) is 40.9 Å². The molecule has 0 aliphatic carbocycles. The van der Waals surface area contributed by atoms with Crippen LogP contribution in [-0.2, 0) is 0 Å². The van der Waals surface area contributed by atoms with Gasteiger partial charge in [-0.1, -0.05) is 51.8 Å². The second-order valence-corrected chi connectivity index (χ2v) is 5.88. The molecule has 0 aromatic heterocycles. The molecule has 100 valence electrons. The molecule has 0 heterocycles. The van der Waals surface area contributed by atoms with Gasteiger partial charge in [0.2, 0.25) is 0 Å². The van der Waals surface area contributed by atoms with Crippen molar-refractivity contribution in [3.63, 3.8) is 0 Å². The molecule has 1 atom stereocenters. The summed E-state index contributed by atoms with van der Waals surface area (Å²) in [6.07, 6.45) is 0. The van der Waals surface area contributed by atoms with Gasteiger partial charge in [-0.25, -0.2) is 5.43 Å². The molecule has 2 aromatic rings. The molecular weight excluding hydrogens is 324 g/mol. The first kappa shape index (κ1) is 14.5. The molecule has 0 saturated carbocycles. The van der Waals surface area contributed by atoms with Crippen molar-refractivity contribution in [2.45, 2.75) is 19.9 Å². The van der Waals surface area contributed by atoms with E-state index in [4.69, 9.17) is 17.4 Å². The first-order valence-electron chi connectivity index (χ1n) is 6.01. The molecule has 2 rings (SSSR count). The Labute approximate surface area is 127 Å². The number of benzene rings is 2. The minimum atomic E-state index is -0.111. The number of nitrogens with two attached hydrogens (primary N) is 1. The Morgan fingerprint density at radius 2 is 1.89 bits per heavy atom. The summed E-state index contributed by atoms with van der Waals surface area (Å²) >= 11 is 9.73. The minimum Gasteiger partial charge on any atom is -0.271 e. The van der Waals surface area contributed by atoms with Crippen molar-refractivity contribution in [2.75, 3.05) is 0 Å². The van der Waals surface area contributed by atoms with E-state index in [1.807, 2.05) is 24.3 Å². The lowest BCUT2D eigenvalue weighted by Gasteiger charge is -2.21. The topological polar surface area (TPSA) is 38.0 Å². The lowest BCUT2D eigenvalue weighted by molar-refractivity contribution is 0.633. The molecule has 2 nitrogen and oxygen atoms in total. The molecule has 1 unspecified atom stereocenters. The highest BCUT2D eigenvalue weighted by molar-refractivity contribution is 9.10. The Morgan fingerprint density at radius 3 is 2.53 bits per heavy atom. The van der Waals surface area contributed by atoms with Crippen LogP contribution in [0.25, 0.3) is 0 Å². The number of nitrogens with one attached hydrogen (secondary N) is 1. The van der Waals surface area contributed by atoms with Crippen molar-refractivity contribution in [3.8, 4) is 0 Å². The van der Waals surface area contributed by atoms with E-state index in [0.29, 0.717) is 5.02 Å². The van der Waals surface area contributed by atoms with Crippen LogP contribution in [0.4, 0.5) is 0 Å². The van der Waals surface area contributed by atoms with Gasteiger partial charge < -0.3 is 0 Å². The standard InChI is InChI=1S/C15H16BrClN2/c1-9-4-3-5-12(10(9)2)15(19-18)13-7-6-11(16)8-14(13)17/h3-8,15,19H,18H2,1-2H3. The van der Waals surface area contributed by atoms with E-state index < -0.39 is 0 Å². The molecule has 0 aliphatic rings. The first-order valence-corrected chi connectivity index (χ1v) is 7.19. The summed E-state index contributed by atoms with van der Waals surface area (Å²) in [6.45, 7) is 4.19. The second-order valence-electron chi connectivity index (χ2n) is 4.55. The molecular formula is C15H16BrClN2. The highest BCUT2D eigenvalue weighted by Gasteiger charge is 2.18. The quantitative estimate of drug-likeness (QED) is 0.647. The normalized spacial score (nSPS) is 12.5. The molecule has 0 spiro atoms. The number of hydrogen-bond acceptors (Lipinski definition) is 2. The number of hydrogen-bond donors (Lipinski definition) is 2. The molecule has 0 saturated heterocycles. The highest BCUT2D eigenvalue weighted by Crippen LogP contribution is 2.32. The second kappa shape index (κ2) is 6.06. The van der Waals surface area contributed by atoms with Crippen molar-refractivity contribution in [2.24, 2.45) is 5.84 Å². The van der Waals surface area contributed by atoms with Crippen LogP contribution in [0.1, 0.15) is 28.3 Å². The molecule has 0 amide bonds. The maximum atomic E-state index is 6.32. The van der Waals surface area contributed by atoms with Crippen molar-refractivity contribution < 1.29 is 0 Å². The molecule has 0 aliphatic heterocycles. The lowest BCUT2D eigenvalue weighted by atomic mass is 9.93. The predicted molar refractivity (Wildman–Crippen MR) is 84.2 cm³/mol. The van der Waals surface area contributed by atoms with Crippen molar-refractivity contribution in [1.82, 2.24) is 5.43 Å². The Balaban J connectivity index is 2.53. The Hall–Kier alpha value is -0.870. The number of rotatable bonds is 3. The first-order chi connectivity index (χ1) is 9.04. The van der Waals surface area contributed by atoms with Gasteiger partial charge in [0.15, 0.2) is 0 Å². The van der Waals surface area contributed by atoms with Gasteiger partial charge in [0.1, 0.15) is 0 Å². The average molecular weight is 340 g/mol. The molecule has 0 radical (unpaired) electrons. The third-order valence-corrected chi connectivity index (χ3v) is 4.22. The van der Waals surface area contributed by atoms with E-state index in [1.54, 1.807) is 0 Å². The van der Waals surface area contributed by atoms with E-state index in [1.165, 1.54) is 11.1 Å². The number of hydrazine groups is 1. The van der Waals surface area contributed by atoms with Gasteiger partial charge >= 0.3 is 0 Å². The van der Waals surface area contributed by atoms with E-state index >= 15 is 0 Å². The summed E-state index contributed by atoms with van der Waals surface area (Å²) in [5.41, 5.74) is 7.45. The summed E-state index contributed by atoms with van der Waals surface area (Å²) < 4.78 is 0.956. The molecule has 3 N–H and O–H groups in total. The Morgan fingerprint density at radius 1 is 1.16 bits per heavy atom. The molecule has 0 bridgehead atoms. The van der Waals surface area contributed by atoms with E-state index in [0.717, 1.165) is 15.6 Å². The maximum absolute atomic E-state index is 6.32. The van der Waals surface area contributed by atoms with Crippen LogP contribution in [0, 0.1) is 13.8 Å². The zero-order valence-electron chi connectivity index (χ0n) is 10.9. The zero-order chi connectivity index (χ0) is 14.0. The zero-order valence-corrected chi connectivity index (χ0v) is 13.2. The van der Waals surface area contributed by atoms with Gasteiger partial charge in [0, 0.05) is 9.50 Å². The molecule has 2 aromatic carbocycles. The maximum Gasteiger partial charge on any atom is 0.0727 e. The van der Waals surface area contributed by atoms with Crippen LogP contribution in [-0.4, -0.2) is 0 Å². The molecule has 4 heteroatoms. The van der Waals surface area contributed by atoms with Gasteiger partial charge in [0.25, 0.3) is 0 Å². The third-order valence-electron chi connectivity index (χ3n) is 3.40. The van der Waals surface area contributed by atoms with Crippen molar-refractivity contribution in [3.05, 3.63) is 68.1 Å². The van der Waals surface area contributed by atoms with Gasteiger partial charge in [-0.3, -0.25) is 5.84 Å². The van der Waals surface area contributed by atoms with E-state index in [9.17, 15) is 0 Å². The number of aryl methyl sites for hydroxylation is 1.